The van der Waals surface area contributed by atoms with Gasteiger partial charge in [-0.1, -0.05) is 23.2 Å². The molecule has 96 valence electrons. The molecule has 0 amide bonds. The summed E-state index contributed by atoms with van der Waals surface area (Å²) in [6.45, 7) is 0. The molecule has 0 bridgehead atoms. The topological polar surface area (TPSA) is 30.7 Å². The van der Waals surface area contributed by atoms with Gasteiger partial charge in [0.1, 0.15) is 11.6 Å². The van der Waals surface area contributed by atoms with Crippen molar-refractivity contribution in [3.8, 4) is 11.4 Å². The average molecular weight is 296 g/mol. The first-order valence-corrected chi connectivity index (χ1v) is 6.25. The number of nitrogens with zero attached hydrogens (tertiary/aromatic N) is 3. The average Bonchev–Trinajstić information content (AvgIpc) is 2.68. The van der Waals surface area contributed by atoms with E-state index >= 15 is 0 Å². The lowest BCUT2D eigenvalue weighted by Gasteiger charge is -2.04. The van der Waals surface area contributed by atoms with Crippen LogP contribution in [0.5, 0.6) is 0 Å². The number of hydrogen-bond donors (Lipinski definition) is 0. The van der Waals surface area contributed by atoms with E-state index in [1.165, 1.54) is 6.07 Å². The summed E-state index contributed by atoms with van der Waals surface area (Å²) in [4.78, 5) is 8.33. The number of fused-ring (bicyclic) bond motifs is 1. The van der Waals surface area contributed by atoms with Gasteiger partial charge < -0.3 is 4.57 Å². The van der Waals surface area contributed by atoms with Crippen LogP contribution in [0.15, 0.2) is 30.6 Å². The SMILES string of the molecule is Cn1c(-c2ccncc2Cl)nc2cc(F)c(Cl)cc21. The highest BCUT2D eigenvalue weighted by Crippen LogP contribution is 2.30. The highest BCUT2D eigenvalue weighted by atomic mass is 35.5. The maximum absolute atomic E-state index is 13.5. The molecule has 0 radical (unpaired) electrons. The minimum atomic E-state index is -0.486. The zero-order valence-electron chi connectivity index (χ0n) is 9.86. The summed E-state index contributed by atoms with van der Waals surface area (Å²) < 4.78 is 15.3. The molecule has 0 fully saturated rings. The zero-order chi connectivity index (χ0) is 13.6. The molecule has 3 rings (SSSR count). The predicted octanol–water partition coefficient (Wildman–Crippen LogP) is 4.08. The van der Waals surface area contributed by atoms with Crippen molar-refractivity contribution in [1.82, 2.24) is 14.5 Å². The Morgan fingerprint density at radius 3 is 2.74 bits per heavy atom. The van der Waals surface area contributed by atoms with E-state index in [0.717, 1.165) is 11.1 Å². The number of halogens is 3. The van der Waals surface area contributed by atoms with Gasteiger partial charge in [0.15, 0.2) is 0 Å². The van der Waals surface area contributed by atoms with Crippen molar-refractivity contribution in [3.05, 3.63) is 46.5 Å². The number of aromatic nitrogens is 3. The normalized spacial score (nSPS) is 11.2. The molecule has 0 spiro atoms. The Kier molecular flexibility index (Phi) is 2.92. The van der Waals surface area contributed by atoms with Gasteiger partial charge in [-0.2, -0.15) is 0 Å². The monoisotopic (exact) mass is 295 g/mol. The minimum absolute atomic E-state index is 0.0721. The zero-order valence-corrected chi connectivity index (χ0v) is 11.4. The van der Waals surface area contributed by atoms with Crippen molar-refractivity contribution in [3.63, 3.8) is 0 Å². The van der Waals surface area contributed by atoms with Gasteiger partial charge in [-0.3, -0.25) is 4.98 Å². The van der Waals surface area contributed by atoms with Crippen LogP contribution in [0.4, 0.5) is 4.39 Å². The van der Waals surface area contributed by atoms with E-state index in [9.17, 15) is 4.39 Å². The van der Waals surface area contributed by atoms with Crippen LogP contribution in [0.3, 0.4) is 0 Å². The first-order chi connectivity index (χ1) is 9.08. The summed E-state index contributed by atoms with van der Waals surface area (Å²) >= 11 is 11.9. The standard InChI is InChI=1S/C13H8Cl2FN3/c1-19-12-4-8(14)10(16)5-11(12)18-13(19)7-2-3-17-6-9(7)15/h2-6H,1H3. The van der Waals surface area contributed by atoms with Crippen LogP contribution in [-0.4, -0.2) is 14.5 Å². The number of pyridine rings is 1. The molecule has 2 aromatic heterocycles. The maximum atomic E-state index is 13.5. The molecule has 3 nitrogen and oxygen atoms in total. The van der Waals surface area contributed by atoms with E-state index in [-0.39, 0.29) is 5.02 Å². The number of rotatable bonds is 1. The van der Waals surface area contributed by atoms with Crippen LogP contribution < -0.4 is 0 Å². The molecule has 0 saturated carbocycles. The second kappa shape index (κ2) is 4.47. The van der Waals surface area contributed by atoms with Gasteiger partial charge in [0.05, 0.1) is 21.1 Å². The van der Waals surface area contributed by atoms with Gasteiger partial charge in [0.2, 0.25) is 0 Å². The lowest BCUT2D eigenvalue weighted by Crippen LogP contribution is -1.93. The fourth-order valence-electron chi connectivity index (χ4n) is 1.98. The van der Waals surface area contributed by atoms with Gasteiger partial charge >= 0.3 is 0 Å². The predicted molar refractivity (Wildman–Crippen MR) is 73.9 cm³/mol. The molecular weight excluding hydrogens is 288 g/mol. The van der Waals surface area contributed by atoms with Gasteiger partial charge in [-0.15, -0.1) is 0 Å². The summed E-state index contributed by atoms with van der Waals surface area (Å²) in [5.74, 6) is 0.156. The van der Waals surface area contributed by atoms with E-state index in [1.54, 1.807) is 24.5 Å². The molecule has 0 atom stereocenters. The smallest absolute Gasteiger partial charge is 0.144 e. The lowest BCUT2D eigenvalue weighted by atomic mass is 10.2. The summed E-state index contributed by atoms with van der Waals surface area (Å²) in [5.41, 5.74) is 2.02. The first-order valence-electron chi connectivity index (χ1n) is 5.49. The van der Waals surface area contributed by atoms with Crippen LogP contribution >= 0.6 is 23.2 Å². The second-order valence-electron chi connectivity index (χ2n) is 4.10. The van der Waals surface area contributed by atoms with Crippen molar-refractivity contribution >= 4 is 34.2 Å². The molecule has 0 aliphatic carbocycles. The quantitative estimate of drug-likeness (QED) is 0.677. The molecule has 19 heavy (non-hydrogen) atoms. The Bertz CT molecular complexity index is 783. The molecule has 3 aromatic rings. The van der Waals surface area contributed by atoms with Crippen molar-refractivity contribution in [2.75, 3.05) is 0 Å². The number of imidazole rings is 1. The third-order valence-corrected chi connectivity index (χ3v) is 3.53. The Morgan fingerprint density at radius 2 is 2.00 bits per heavy atom. The van der Waals surface area contributed by atoms with Gasteiger partial charge in [-0.05, 0) is 12.1 Å². The molecule has 2 heterocycles. The number of hydrogen-bond acceptors (Lipinski definition) is 2. The van der Waals surface area contributed by atoms with E-state index in [2.05, 4.69) is 9.97 Å². The Morgan fingerprint density at radius 1 is 1.21 bits per heavy atom. The second-order valence-corrected chi connectivity index (χ2v) is 4.92. The van der Waals surface area contributed by atoms with Crippen molar-refractivity contribution in [1.29, 1.82) is 0 Å². The Hall–Kier alpha value is -1.65. The van der Waals surface area contributed by atoms with E-state index in [4.69, 9.17) is 23.2 Å². The fourth-order valence-corrected chi connectivity index (χ4v) is 2.35. The van der Waals surface area contributed by atoms with Crippen LogP contribution in [0, 0.1) is 5.82 Å². The van der Waals surface area contributed by atoms with E-state index < -0.39 is 5.82 Å². The lowest BCUT2D eigenvalue weighted by molar-refractivity contribution is 0.630. The van der Waals surface area contributed by atoms with E-state index in [0.29, 0.717) is 16.4 Å². The Balaban J connectivity index is 2.32. The van der Waals surface area contributed by atoms with Gasteiger partial charge in [0.25, 0.3) is 0 Å². The molecule has 6 heteroatoms. The van der Waals surface area contributed by atoms with Crippen LogP contribution in [0.25, 0.3) is 22.4 Å². The molecule has 0 N–H and O–H groups in total. The third-order valence-electron chi connectivity index (χ3n) is 2.94. The molecular formula is C13H8Cl2FN3. The molecule has 0 aliphatic rings. The number of aryl methyl sites for hydroxylation is 1. The number of benzene rings is 1. The Labute approximate surface area is 118 Å². The fraction of sp³-hybridized carbons (Fsp3) is 0.0769. The maximum Gasteiger partial charge on any atom is 0.144 e. The highest BCUT2D eigenvalue weighted by molar-refractivity contribution is 6.33. The van der Waals surface area contributed by atoms with Crippen molar-refractivity contribution in [2.45, 2.75) is 0 Å². The van der Waals surface area contributed by atoms with E-state index in [1.807, 2.05) is 11.6 Å². The van der Waals surface area contributed by atoms with Crippen LogP contribution in [0.2, 0.25) is 10.0 Å². The summed E-state index contributed by atoms with van der Waals surface area (Å²) in [7, 11) is 1.83. The molecule has 0 unspecified atom stereocenters. The van der Waals surface area contributed by atoms with Gasteiger partial charge in [-0.25, -0.2) is 9.37 Å². The molecule has 1 aromatic carbocycles. The van der Waals surface area contributed by atoms with Crippen molar-refractivity contribution < 1.29 is 4.39 Å². The van der Waals surface area contributed by atoms with Crippen LogP contribution in [0.1, 0.15) is 0 Å². The highest BCUT2D eigenvalue weighted by Gasteiger charge is 2.14. The largest absolute Gasteiger partial charge is 0.327 e. The van der Waals surface area contributed by atoms with Crippen LogP contribution in [-0.2, 0) is 7.05 Å². The third kappa shape index (κ3) is 1.97. The summed E-state index contributed by atoms with van der Waals surface area (Å²) in [5, 5.41) is 0.565. The first kappa shape index (κ1) is 12.4. The van der Waals surface area contributed by atoms with Crippen molar-refractivity contribution in [2.24, 2.45) is 7.05 Å². The minimum Gasteiger partial charge on any atom is -0.327 e. The molecule has 0 aliphatic heterocycles. The summed E-state index contributed by atoms with van der Waals surface area (Å²) in [6, 6.07) is 4.63. The molecule has 0 saturated heterocycles. The summed E-state index contributed by atoms with van der Waals surface area (Å²) in [6.07, 6.45) is 3.18. The van der Waals surface area contributed by atoms with Gasteiger partial charge in [0, 0.05) is 31.1 Å².